The number of benzene rings is 3. The molecule has 1 aromatic heterocycles. The Balaban J connectivity index is 1.37. The Morgan fingerprint density at radius 3 is 2.34 bits per heavy atom. The van der Waals surface area contributed by atoms with E-state index in [0.717, 1.165) is 16.7 Å². The molecule has 162 valence electrons. The van der Waals surface area contributed by atoms with Crippen molar-refractivity contribution in [2.24, 2.45) is 0 Å². The van der Waals surface area contributed by atoms with Crippen LogP contribution in [0.3, 0.4) is 0 Å². The van der Waals surface area contributed by atoms with E-state index in [0.29, 0.717) is 28.5 Å². The van der Waals surface area contributed by atoms with Crippen molar-refractivity contribution in [3.05, 3.63) is 93.2 Å². The van der Waals surface area contributed by atoms with Crippen LogP contribution in [0.15, 0.2) is 71.5 Å². The Kier molecular flexibility index (Phi) is 5.77. The largest absolute Gasteiger partial charge is 0.297 e. The van der Waals surface area contributed by atoms with E-state index in [9.17, 15) is 4.79 Å². The van der Waals surface area contributed by atoms with E-state index >= 15 is 0 Å². The highest BCUT2D eigenvalue weighted by Gasteiger charge is 2.19. The van der Waals surface area contributed by atoms with Crippen molar-refractivity contribution in [3.63, 3.8) is 0 Å². The fourth-order valence-electron chi connectivity index (χ4n) is 4.42. The summed E-state index contributed by atoms with van der Waals surface area (Å²) in [6.07, 6.45) is 2.57. The maximum Gasteiger partial charge on any atom is 0.277 e. The zero-order valence-corrected chi connectivity index (χ0v) is 18.8. The fraction of sp³-hybridized carbons (Fsp3) is 0.269. The first-order valence-electron chi connectivity index (χ1n) is 11.0. The molecule has 0 saturated carbocycles. The summed E-state index contributed by atoms with van der Waals surface area (Å²) in [6.45, 7) is 5.01. The third kappa shape index (κ3) is 4.18. The number of nitrogens with zero attached hydrogens (tertiary/aromatic N) is 4. The zero-order chi connectivity index (χ0) is 22.1. The summed E-state index contributed by atoms with van der Waals surface area (Å²) in [5.74, 6) is 0. The third-order valence-corrected chi connectivity index (χ3v) is 6.64. The molecule has 2 heterocycles. The molecule has 5 nitrogen and oxygen atoms in total. The monoisotopic (exact) mass is 444 g/mol. The molecule has 1 aliphatic rings. The molecule has 0 amide bonds. The van der Waals surface area contributed by atoms with Crippen LogP contribution in [0.1, 0.15) is 36.9 Å². The quantitative estimate of drug-likeness (QED) is 0.418. The van der Waals surface area contributed by atoms with E-state index in [2.05, 4.69) is 46.4 Å². The summed E-state index contributed by atoms with van der Waals surface area (Å²) in [5, 5.41) is 9.77. The summed E-state index contributed by atoms with van der Waals surface area (Å²) in [5.41, 5.74) is 4.80. The second kappa shape index (κ2) is 8.85. The molecule has 6 heteroatoms. The molecule has 0 N–H and O–H groups in total. The highest BCUT2D eigenvalue weighted by atomic mass is 35.5. The molecule has 0 bridgehead atoms. The molecule has 32 heavy (non-hydrogen) atoms. The normalized spacial score (nSPS) is 15.3. The zero-order valence-electron chi connectivity index (χ0n) is 18.0. The van der Waals surface area contributed by atoms with E-state index in [1.165, 1.54) is 36.2 Å². The van der Waals surface area contributed by atoms with Gasteiger partial charge in [-0.15, -0.1) is 5.10 Å². The lowest BCUT2D eigenvalue weighted by atomic mass is 10.0. The van der Waals surface area contributed by atoms with Gasteiger partial charge in [-0.25, -0.2) is 4.68 Å². The molecule has 0 spiro atoms. The first-order chi connectivity index (χ1) is 15.6. The van der Waals surface area contributed by atoms with Crippen molar-refractivity contribution >= 4 is 22.5 Å². The van der Waals surface area contributed by atoms with Crippen LogP contribution in [0.2, 0.25) is 5.02 Å². The van der Waals surface area contributed by atoms with Gasteiger partial charge in [0.1, 0.15) is 5.52 Å². The summed E-state index contributed by atoms with van der Waals surface area (Å²) in [6, 6.07) is 22.2. The van der Waals surface area contributed by atoms with Gasteiger partial charge in [0, 0.05) is 11.1 Å². The van der Waals surface area contributed by atoms with Gasteiger partial charge < -0.3 is 0 Å². The summed E-state index contributed by atoms with van der Waals surface area (Å²) in [4.78, 5) is 15.5. The minimum Gasteiger partial charge on any atom is -0.297 e. The molecule has 1 atom stereocenters. The highest BCUT2D eigenvalue weighted by Crippen LogP contribution is 2.25. The average Bonchev–Trinajstić information content (AvgIpc) is 3.36. The first-order valence-corrected chi connectivity index (χ1v) is 11.4. The topological polar surface area (TPSA) is 51.0 Å². The SMILES string of the molecule is CC(c1ccc(Cn2nnc3cc(-c4ccc(Cl)cc4)ccc3c2=O)cc1)N1CCCC1. The van der Waals surface area contributed by atoms with Gasteiger partial charge in [0.05, 0.1) is 11.9 Å². The van der Waals surface area contributed by atoms with Gasteiger partial charge in [0.2, 0.25) is 0 Å². The number of fused-ring (bicyclic) bond motifs is 1. The molecule has 1 saturated heterocycles. The number of halogens is 1. The highest BCUT2D eigenvalue weighted by molar-refractivity contribution is 6.30. The van der Waals surface area contributed by atoms with Crippen LogP contribution in [0, 0.1) is 0 Å². The van der Waals surface area contributed by atoms with Crippen molar-refractivity contribution in [2.75, 3.05) is 13.1 Å². The summed E-state index contributed by atoms with van der Waals surface area (Å²) < 4.78 is 1.43. The standard InChI is InChI=1S/C26H25ClN4O/c1-18(30-14-2-3-15-30)20-6-4-19(5-7-20)17-31-26(32)24-13-10-22(16-25(24)28-29-31)21-8-11-23(27)12-9-21/h4-13,16,18H,2-3,14-15,17H2,1H3. The minimum absolute atomic E-state index is 0.132. The molecule has 1 aliphatic heterocycles. The summed E-state index contributed by atoms with van der Waals surface area (Å²) in [7, 11) is 0. The van der Waals surface area contributed by atoms with Crippen molar-refractivity contribution in [2.45, 2.75) is 32.4 Å². The van der Waals surface area contributed by atoms with Gasteiger partial charge in [0.15, 0.2) is 0 Å². The maximum absolute atomic E-state index is 13.0. The van der Waals surface area contributed by atoms with E-state index < -0.39 is 0 Å². The smallest absolute Gasteiger partial charge is 0.277 e. The summed E-state index contributed by atoms with van der Waals surface area (Å²) >= 11 is 5.98. The molecule has 0 aliphatic carbocycles. The Hall–Kier alpha value is -3.02. The maximum atomic E-state index is 13.0. The molecular formula is C26H25ClN4O. The molecule has 5 rings (SSSR count). The lowest BCUT2D eigenvalue weighted by molar-refractivity contribution is 0.263. The van der Waals surface area contributed by atoms with Gasteiger partial charge in [-0.2, -0.15) is 0 Å². The third-order valence-electron chi connectivity index (χ3n) is 6.38. The van der Waals surface area contributed by atoms with Gasteiger partial charge in [-0.05, 0) is 79.4 Å². The van der Waals surface area contributed by atoms with Crippen LogP contribution in [0.5, 0.6) is 0 Å². The van der Waals surface area contributed by atoms with Gasteiger partial charge >= 0.3 is 0 Å². The Bertz CT molecular complexity index is 1290. The van der Waals surface area contributed by atoms with E-state index in [1.54, 1.807) is 0 Å². The number of hydrogen-bond donors (Lipinski definition) is 0. The average molecular weight is 445 g/mol. The number of aromatic nitrogens is 3. The van der Waals surface area contributed by atoms with Crippen LogP contribution in [0.4, 0.5) is 0 Å². The lowest BCUT2D eigenvalue weighted by Gasteiger charge is -2.24. The number of hydrogen-bond acceptors (Lipinski definition) is 4. The van der Waals surface area contributed by atoms with Crippen LogP contribution in [-0.2, 0) is 6.54 Å². The minimum atomic E-state index is -0.132. The number of rotatable bonds is 5. The van der Waals surface area contributed by atoms with Crippen LogP contribution >= 0.6 is 11.6 Å². The second-order valence-corrected chi connectivity index (χ2v) is 8.89. The van der Waals surface area contributed by atoms with Crippen molar-refractivity contribution in [1.82, 2.24) is 19.9 Å². The van der Waals surface area contributed by atoms with Gasteiger partial charge in [-0.1, -0.05) is 59.3 Å². The van der Waals surface area contributed by atoms with Crippen molar-refractivity contribution in [1.29, 1.82) is 0 Å². The molecule has 1 unspecified atom stereocenters. The number of likely N-dealkylation sites (tertiary alicyclic amines) is 1. The van der Waals surface area contributed by atoms with E-state index in [4.69, 9.17) is 11.6 Å². The van der Waals surface area contributed by atoms with E-state index in [1.807, 2.05) is 42.5 Å². The fourth-order valence-corrected chi connectivity index (χ4v) is 4.54. The molecule has 0 radical (unpaired) electrons. The predicted molar refractivity (Wildman–Crippen MR) is 129 cm³/mol. The Morgan fingerprint density at radius 2 is 1.62 bits per heavy atom. The van der Waals surface area contributed by atoms with Crippen LogP contribution < -0.4 is 5.56 Å². The molecule has 1 fully saturated rings. The molecular weight excluding hydrogens is 420 g/mol. The predicted octanol–water partition coefficient (Wildman–Crippen LogP) is 5.32. The Morgan fingerprint density at radius 1 is 0.938 bits per heavy atom. The van der Waals surface area contributed by atoms with Gasteiger partial charge in [-0.3, -0.25) is 9.69 Å². The van der Waals surface area contributed by atoms with Gasteiger partial charge in [0.25, 0.3) is 5.56 Å². The molecule has 4 aromatic rings. The second-order valence-electron chi connectivity index (χ2n) is 8.45. The van der Waals surface area contributed by atoms with Crippen molar-refractivity contribution in [3.8, 4) is 11.1 Å². The molecule has 3 aromatic carbocycles. The lowest BCUT2D eigenvalue weighted by Crippen LogP contribution is -2.25. The Labute approximate surface area is 192 Å². The van der Waals surface area contributed by atoms with Crippen LogP contribution in [0.25, 0.3) is 22.0 Å². The van der Waals surface area contributed by atoms with Crippen molar-refractivity contribution < 1.29 is 0 Å². The van der Waals surface area contributed by atoms with Crippen LogP contribution in [-0.4, -0.2) is 33.0 Å². The van der Waals surface area contributed by atoms with E-state index in [-0.39, 0.29) is 5.56 Å². The first kappa shape index (κ1) is 20.9.